The Morgan fingerprint density at radius 1 is 1.15 bits per heavy atom. The third-order valence-corrected chi connectivity index (χ3v) is 3.76. The van der Waals surface area contributed by atoms with Crippen LogP contribution in [0.2, 0.25) is 0 Å². The summed E-state index contributed by atoms with van der Waals surface area (Å²) in [5, 5.41) is 6.62. The SMILES string of the molecule is CCNC(=NCc1cccnc1OC)NCc1ccc(C)cc1OCC. The molecule has 0 saturated carbocycles. The molecular weight excluding hydrogens is 328 g/mol. The second kappa shape index (κ2) is 10.3. The molecule has 0 unspecified atom stereocenters. The molecule has 0 fully saturated rings. The van der Waals surface area contributed by atoms with Gasteiger partial charge in [-0.15, -0.1) is 0 Å². The maximum Gasteiger partial charge on any atom is 0.218 e. The van der Waals surface area contributed by atoms with Crippen molar-refractivity contribution in [2.24, 2.45) is 4.99 Å². The van der Waals surface area contributed by atoms with Crippen molar-refractivity contribution in [3.8, 4) is 11.6 Å². The molecule has 6 nitrogen and oxygen atoms in total. The van der Waals surface area contributed by atoms with Crippen LogP contribution in [0.1, 0.15) is 30.5 Å². The van der Waals surface area contributed by atoms with E-state index in [0.717, 1.165) is 29.4 Å². The molecule has 0 saturated heterocycles. The van der Waals surface area contributed by atoms with Crippen LogP contribution in [0.5, 0.6) is 11.6 Å². The zero-order valence-electron chi connectivity index (χ0n) is 16.0. The fourth-order valence-electron chi connectivity index (χ4n) is 2.51. The lowest BCUT2D eigenvalue weighted by Crippen LogP contribution is -2.36. The highest BCUT2D eigenvalue weighted by Gasteiger charge is 2.07. The summed E-state index contributed by atoms with van der Waals surface area (Å²) >= 11 is 0. The van der Waals surface area contributed by atoms with Crippen LogP contribution < -0.4 is 20.1 Å². The maximum absolute atomic E-state index is 5.74. The Morgan fingerprint density at radius 2 is 2.00 bits per heavy atom. The highest BCUT2D eigenvalue weighted by atomic mass is 16.5. The normalized spacial score (nSPS) is 11.2. The van der Waals surface area contributed by atoms with E-state index in [4.69, 9.17) is 9.47 Å². The summed E-state index contributed by atoms with van der Waals surface area (Å²) in [4.78, 5) is 8.84. The number of aliphatic imine (C=N–C) groups is 1. The minimum Gasteiger partial charge on any atom is -0.494 e. The van der Waals surface area contributed by atoms with Crippen molar-refractivity contribution >= 4 is 5.96 Å². The summed E-state index contributed by atoms with van der Waals surface area (Å²) in [5.41, 5.74) is 3.22. The first-order valence-corrected chi connectivity index (χ1v) is 8.90. The zero-order chi connectivity index (χ0) is 18.8. The van der Waals surface area contributed by atoms with Gasteiger partial charge in [-0.05, 0) is 38.5 Å². The Hall–Kier alpha value is -2.76. The summed E-state index contributed by atoms with van der Waals surface area (Å²) in [6.45, 7) is 8.63. The number of pyridine rings is 1. The van der Waals surface area contributed by atoms with Crippen molar-refractivity contribution in [1.82, 2.24) is 15.6 Å². The van der Waals surface area contributed by atoms with Crippen molar-refractivity contribution in [3.05, 3.63) is 53.2 Å². The van der Waals surface area contributed by atoms with Gasteiger partial charge in [0.15, 0.2) is 5.96 Å². The highest BCUT2D eigenvalue weighted by Crippen LogP contribution is 2.20. The van der Waals surface area contributed by atoms with Crippen LogP contribution in [-0.2, 0) is 13.1 Å². The van der Waals surface area contributed by atoms with Gasteiger partial charge >= 0.3 is 0 Å². The fraction of sp³-hybridized carbons (Fsp3) is 0.400. The van der Waals surface area contributed by atoms with Crippen LogP contribution in [-0.4, -0.2) is 31.2 Å². The van der Waals surface area contributed by atoms with Crippen LogP contribution in [0.15, 0.2) is 41.5 Å². The second-order valence-corrected chi connectivity index (χ2v) is 5.76. The summed E-state index contributed by atoms with van der Waals surface area (Å²) in [7, 11) is 1.62. The molecule has 6 heteroatoms. The fourth-order valence-corrected chi connectivity index (χ4v) is 2.51. The molecule has 0 radical (unpaired) electrons. The molecule has 2 aromatic rings. The van der Waals surface area contributed by atoms with Crippen molar-refractivity contribution in [3.63, 3.8) is 0 Å². The minimum absolute atomic E-state index is 0.485. The molecule has 0 aliphatic heterocycles. The van der Waals surface area contributed by atoms with Crippen LogP contribution in [0.4, 0.5) is 0 Å². The van der Waals surface area contributed by atoms with Gasteiger partial charge < -0.3 is 20.1 Å². The molecule has 1 heterocycles. The maximum atomic E-state index is 5.74. The number of aryl methyl sites for hydroxylation is 1. The molecule has 2 N–H and O–H groups in total. The van der Waals surface area contributed by atoms with Crippen LogP contribution in [0.25, 0.3) is 0 Å². The number of nitrogens with one attached hydrogen (secondary N) is 2. The topological polar surface area (TPSA) is 67.8 Å². The van der Waals surface area contributed by atoms with Gasteiger partial charge in [0, 0.05) is 30.4 Å². The smallest absolute Gasteiger partial charge is 0.218 e. The monoisotopic (exact) mass is 356 g/mol. The summed E-state index contributed by atoms with van der Waals surface area (Å²) in [6, 6.07) is 10.1. The first-order valence-electron chi connectivity index (χ1n) is 8.90. The van der Waals surface area contributed by atoms with E-state index in [9.17, 15) is 0 Å². The predicted octanol–water partition coefficient (Wildman–Crippen LogP) is 3.05. The third kappa shape index (κ3) is 5.65. The molecule has 0 aliphatic rings. The van der Waals surface area contributed by atoms with E-state index in [2.05, 4.69) is 45.7 Å². The minimum atomic E-state index is 0.485. The molecule has 1 aromatic heterocycles. The molecule has 2 rings (SSSR count). The van der Waals surface area contributed by atoms with E-state index in [1.54, 1.807) is 13.3 Å². The van der Waals surface area contributed by atoms with Crippen molar-refractivity contribution < 1.29 is 9.47 Å². The molecule has 1 aromatic carbocycles. The van der Waals surface area contributed by atoms with Gasteiger partial charge in [-0.1, -0.05) is 18.2 Å². The first kappa shape index (κ1) is 19.6. The average molecular weight is 356 g/mol. The summed E-state index contributed by atoms with van der Waals surface area (Å²) in [5.74, 6) is 2.25. The van der Waals surface area contributed by atoms with Crippen molar-refractivity contribution in [2.45, 2.75) is 33.9 Å². The molecule has 0 bridgehead atoms. The van der Waals surface area contributed by atoms with E-state index in [-0.39, 0.29) is 0 Å². The van der Waals surface area contributed by atoms with Crippen LogP contribution in [0, 0.1) is 6.92 Å². The van der Waals surface area contributed by atoms with Gasteiger partial charge in [0.05, 0.1) is 20.3 Å². The van der Waals surface area contributed by atoms with Crippen LogP contribution >= 0.6 is 0 Å². The lowest BCUT2D eigenvalue weighted by Gasteiger charge is -2.15. The Bertz CT molecular complexity index is 732. The van der Waals surface area contributed by atoms with Gasteiger partial charge in [0.25, 0.3) is 0 Å². The highest BCUT2D eigenvalue weighted by molar-refractivity contribution is 5.79. The third-order valence-electron chi connectivity index (χ3n) is 3.76. The van der Waals surface area contributed by atoms with E-state index >= 15 is 0 Å². The lowest BCUT2D eigenvalue weighted by molar-refractivity contribution is 0.336. The van der Waals surface area contributed by atoms with Gasteiger partial charge in [0.2, 0.25) is 5.88 Å². The number of hydrogen-bond acceptors (Lipinski definition) is 4. The number of rotatable bonds is 8. The van der Waals surface area contributed by atoms with Gasteiger partial charge in [0.1, 0.15) is 5.75 Å². The van der Waals surface area contributed by atoms with Crippen LogP contribution in [0.3, 0.4) is 0 Å². The molecule has 0 aliphatic carbocycles. The number of nitrogens with zero attached hydrogens (tertiary/aromatic N) is 2. The van der Waals surface area contributed by atoms with E-state index < -0.39 is 0 Å². The summed E-state index contributed by atoms with van der Waals surface area (Å²) < 4.78 is 11.0. The average Bonchev–Trinajstić information content (AvgIpc) is 2.65. The zero-order valence-corrected chi connectivity index (χ0v) is 16.0. The Morgan fingerprint density at radius 3 is 2.73 bits per heavy atom. The predicted molar refractivity (Wildman–Crippen MR) is 105 cm³/mol. The van der Waals surface area contributed by atoms with Gasteiger partial charge in [-0.25, -0.2) is 9.98 Å². The number of guanidine groups is 1. The molecule has 0 spiro atoms. The van der Waals surface area contributed by atoms with Crippen molar-refractivity contribution in [1.29, 1.82) is 0 Å². The number of ether oxygens (including phenoxy) is 2. The Balaban J connectivity index is 2.08. The number of hydrogen-bond donors (Lipinski definition) is 2. The van der Waals surface area contributed by atoms with E-state index in [0.29, 0.717) is 25.6 Å². The van der Waals surface area contributed by atoms with Gasteiger partial charge in [-0.2, -0.15) is 0 Å². The summed E-state index contributed by atoms with van der Waals surface area (Å²) in [6.07, 6.45) is 1.71. The largest absolute Gasteiger partial charge is 0.494 e. The first-order chi connectivity index (χ1) is 12.7. The molecular formula is C20H28N4O2. The molecule has 0 amide bonds. The quantitative estimate of drug-likeness (QED) is 0.562. The number of aromatic nitrogens is 1. The second-order valence-electron chi connectivity index (χ2n) is 5.76. The number of methoxy groups -OCH3 is 1. The molecule has 26 heavy (non-hydrogen) atoms. The van der Waals surface area contributed by atoms with Gasteiger partial charge in [-0.3, -0.25) is 0 Å². The van der Waals surface area contributed by atoms with Crippen molar-refractivity contribution in [2.75, 3.05) is 20.3 Å². The standard InChI is InChI=1S/C20H28N4O2/c1-5-21-20(24-14-17-8-7-11-22-19(17)25-4)23-13-16-10-9-15(3)12-18(16)26-6-2/h7-12H,5-6,13-14H2,1-4H3,(H2,21,23,24). The lowest BCUT2D eigenvalue weighted by atomic mass is 10.1. The number of benzene rings is 1. The molecule has 0 atom stereocenters. The van der Waals surface area contributed by atoms with E-state index in [1.807, 2.05) is 26.0 Å². The molecule has 140 valence electrons. The Kier molecular flexibility index (Phi) is 7.74. The van der Waals surface area contributed by atoms with E-state index in [1.165, 1.54) is 5.56 Å². The Labute approximate surface area is 155 Å².